The van der Waals surface area contributed by atoms with Crippen molar-refractivity contribution in [2.24, 2.45) is 0 Å². The van der Waals surface area contributed by atoms with Crippen LogP contribution in [0.5, 0.6) is 0 Å². The molecule has 6 nitrogen and oxygen atoms in total. The molecule has 0 aromatic carbocycles. The van der Waals surface area contributed by atoms with Crippen LogP contribution in [0, 0.1) is 0 Å². The highest BCUT2D eigenvalue weighted by Crippen LogP contribution is 2.10. The van der Waals surface area contributed by atoms with Gasteiger partial charge in [0, 0.05) is 17.3 Å². The van der Waals surface area contributed by atoms with Crippen molar-refractivity contribution in [1.82, 2.24) is 25.5 Å². The number of nitrogens with one attached hydrogen (secondary N) is 1. The summed E-state index contributed by atoms with van der Waals surface area (Å²) in [4.78, 5) is 12.9. The molecule has 0 aliphatic heterocycles. The van der Waals surface area contributed by atoms with Gasteiger partial charge in [-0.25, -0.2) is 4.68 Å². The van der Waals surface area contributed by atoms with Crippen molar-refractivity contribution in [2.75, 3.05) is 0 Å². The van der Waals surface area contributed by atoms with Gasteiger partial charge in [-0.2, -0.15) is 0 Å². The second kappa shape index (κ2) is 5.53. The molecule has 1 amide bonds. The number of hydrogen-bond donors (Lipinski definition) is 1. The normalized spacial score (nSPS) is 12.3. The summed E-state index contributed by atoms with van der Waals surface area (Å²) in [6.07, 6.45) is 2.27. The highest BCUT2D eigenvalue weighted by Gasteiger charge is 2.09. The number of hydrogen-bond acceptors (Lipinski definition) is 5. The molecule has 2 aromatic rings. The minimum atomic E-state index is -0.0821. The van der Waals surface area contributed by atoms with Crippen LogP contribution in [0.4, 0.5) is 0 Å². The number of carbonyl (C=O) groups is 1. The average Bonchev–Trinajstić information content (AvgIpc) is 2.90. The Balaban J connectivity index is 1.78. The maximum atomic E-state index is 11.6. The first kappa shape index (κ1) is 11.7. The lowest BCUT2D eigenvalue weighted by atomic mass is 10.2. The largest absolute Gasteiger partial charge is 0.352 e. The third kappa shape index (κ3) is 3.63. The zero-order valence-corrected chi connectivity index (χ0v) is 10.2. The van der Waals surface area contributed by atoms with E-state index in [9.17, 15) is 4.79 Å². The summed E-state index contributed by atoms with van der Waals surface area (Å²) in [5.41, 5.74) is 0. The van der Waals surface area contributed by atoms with Crippen LogP contribution in [0.15, 0.2) is 23.8 Å². The van der Waals surface area contributed by atoms with Crippen molar-refractivity contribution in [3.05, 3.63) is 28.7 Å². The van der Waals surface area contributed by atoms with Gasteiger partial charge in [0.25, 0.3) is 0 Å². The van der Waals surface area contributed by atoms with E-state index in [0.29, 0.717) is 0 Å². The molecular formula is C10H13N5OS. The zero-order valence-electron chi connectivity index (χ0n) is 9.41. The lowest BCUT2D eigenvalue weighted by Crippen LogP contribution is -2.36. The van der Waals surface area contributed by atoms with Gasteiger partial charge in [-0.05, 0) is 28.8 Å². The van der Waals surface area contributed by atoms with E-state index < -0.39 is 0 Å². The molecule has 0 radical (unpaired) electrons. The van der Waals surface area contributed by atoms with Crippen LogP contribution < -0.4 is 5.32 Å². The Morgan fingerprint density at radius 2 is 2.53 bits per heavy atom. The first-order valence-corrected chi connectivity index (χ1v) is 6.14. The molecule has 0 unspecified atom stereocenters. The Kier molecular flexibility index (Phi) is 3.81. The maximum absolute atomic E-state index is 11.6. The van der Waals surface area contributed by atoms with E-state index in [1.807, 2.05) is 18.4 Å². The summed E-state index contributed by atoms with van der Waals surface area (Å²) in [6.45, 7) is 2.14. The van der Waals surface area contributed by atoms with E-state index in [2.05, 4.69) is 26.9 Å². The highest BCUT2D eigenvalue weighted by atomic mass is 32.1. The van der Waals surface area contributed by atoms with Crippen molar-refractivity contribution in [2.45, 2.75) is 25.9 Å². The molecule has 0 fully saturated rings. The van der Waals surface area contributed by atoms with Gasteiger partial charge in [0.05, 0.1) is 0 Å². The van der Waals surface area contributed by atoms with E-state index in [4.69, 9.17) is 0 Å². The van der Waals surface area contributed by atoms with E-state index in [1.165, 1.54) is 15.9 Å². The van der Waals surface area contributed by atoms with Crippen LogP contribution in [0.2, 0.25) is 0 Å². The summed E-state index contributed by atoms with van der Waals surface area (Å²) < 4.78 is 1.40. The van der Waals surface area contributed by atoms with Gasteiger partial charge in [-0.3, -0.25) is 4.79 Å². The van der Waals surface area contributed by atoms with E-state index in [1.54, 1.807) is 11.3 Å². The molecule has 0 aliphatic rings. The number of nitrogens with zero attached hydrogens (tertiary/aromatic N) is 4. The second-order valence-electron chi connectivity index (χ2n) is 3.76. The molecule has 2 heterocycles. The molecule has 0 saturated heterocycles. The lowest BCUT2D eigenvalue weighted by Gasteiger charge is -2.12. The van der Waals surface area contributed by atoms with Crippen LogP contribution in [-0.4, -0.2) is 32.2 Å². The molecule has 1 atom stereocenters. The van der Waals surface area contributed by atoms with Crippen molar-refractivity contribution >= 4 is 17.2 Å². The second-order valence-corrected chi connectivity index (χ2v) is 4.79. The van der Waals surface area contributed by atoms with Crippen LogP contribution in [-0.2, 0) is 17.8 Å². The Morgan fingerprint density at radius 1 is 1.65 bits per heavy atom. The van der Waals surface area contributed by atoms with Crippen molar-refractivity contribution < 1.29 is 4.79 Å². The Bertz CT molecular complexity index is 453. The zero-order chi connectivity index (χ0) is 12.1. The fourth-order valence-electron chi connectivity index (χ4n) is 1.50. The summed E-state index contributed by atoms with van der Waals surface area (Å²) in [6, 6.07) is 4.18. The standard InChI is InChI=1S/C10H13N5OS/c1-8(5-9-3-2-4-17-9)12-10(16)6-15-7-11-13-14-15/h2-4,7-8H,5-6H2,1H3,(H,12,16)/t8-/m0/s1. The van der Waals surface area contributed by atoms with Gasteiger partial charge >= 0.3 is 0 Å². The quantitative estimate of drug-likeness (QED) is 0.839. The summed E-state index contributed by atoms with van der Waals surface area (Å²) in [5, 5.41) is 15.5. The first-order chi connectivity index (χ1) is 8.24. The number of aromatic nitrogens is 4. The molecular weight excluding hydrogens is 238 g/mol. The minimum absolute atomic E-state index is 0.0821. The van der Waals surface area contributed by atoms with Crippen LogP contribution in [0.25, 0.3) is 0 Å². The molecule has 0 aliphatic carbocycles. The van der Waals surface area contributed by atoms with Crippen molar-refractivity contribution in [3.63, 3.8) is 0 Å². The molecule has 0 spiro atoms. The predicted octanol–water partition coefficient (Wildman–Crippen LogP) is 0.482. The predicted molar refractivity (Wildman–Crippen MR) is 63.4 cm³/mol. The Labute approximate surface area is 103 Å². The molecule has 7 heteroatoms. The van der Waals surface area contributed by atoms with Gasteiger partial charge < -0.3 is 5.32 Å². The molecule has 1 N–H and O–H groups in total. The number of amides is 1. The monoisotopic (exact) mass is 251 g/mol. The lowest BCUT2D eigenvalue weighted by molar-refractivity contribution is -0.122. The van der Waals surface area contributed by atoms with E-state index in [-0.39, 0.29) is 18.5 Å². The first-order valence-electron chi connectivity index (χ1n) is 5.26. The minimum Gasteiger partial charge on any atom is -0.352 e. The Morgan fingerprint density at radius 3 is 3.18 bits per heavy atom. The van der Waals surface area contributed by atoms with Crippen LogP contribution >= 0.6 is 11.3 Å². The van der Waals surface area contributed by atoms with Crippen LogP contribution in [0.3, 0.4) is 0 Å². The third-order valence-electron chi connectivity index (χ3n) is 2.19. The van der Waals surface area contributed by atoms with Gasteiger partial charge in [-0.15, -0.1) is 16.4 Å². The molecule has 90 valence electrons. The molecule has 2 rings (SSSR count). The maximum Gasteiger partial charge on any atom is 0.242 e. The van der Waals surface area contributed by atoms with Crippen LogP contribution in [0.1, 0.15) is 11.8 Å². The van der Waals surface area contributed by atoms with Gasteiger partial charge in [0.2, 0.25) is 5.91 Å². The highest BCUT2D eigenvalue weighted by molar-refractivity contribution is 7.09. The van der Waals surface area contributed by atoms with Gasteiger partial charge in [0.15, 0.2) is 0 Å². The molecule has 0 saturated carbocycles. The van der Waals surface area contributed by atoms with Crippen molar-refractivity contribution in [3.8, 4) is 0 Å². The summed E-state index contributed by atoms with van der Waals surface area (Å²) in [7, 11) is 0. The summed E-state index contributed by atoms with van der Waals surface area (Å²) >= 11 is 1.69. The fourth-order valence-corrected chi connectivity index (χ4v) is 2.34. The van der Waals surface area contributed by atoms with E-state index >= 15 is 0 Å². The SMILES string of the molecule is C[C@@H](Cc1cccs1)NC(=O)Cn1cnnn1. The topological polar surface area (TPSA) is 72.7 Å². The average molecular weight is 251 g/mol. The molecule has 17 heavy (non-hydrogen) atoms. The fraction of sp³-hybridized carbons (Fsp3) is 0.400. The number of thiophene rings is 1. The van der Waals surface area contributed by atoms with Gasteiger partial charge in [-0.1, -0.05) is 6.07 Å². The third-order valence-corrected chi connectivity index (χ3v) is 3.09. The van der Waals surface area contributed by atoms with Gasteiger partial charge in [0.1, 0.15) is 12.9 Å². The smallest absolute Gasteiger partial charge is 0.242 e. The van der Waals surface area contributed by atoms with E-state index in [0.717, 1.165) is 6.42 Å². The van der Waals surface area contributed by atoms with Crippen molar-refractivity contribution in [1.29, 1.82) is 0 Å². The molecule has 2 aromatic heterocycles. The number of tetrazole rings is 1. The Hall–Kier alpha value is -1.76. The number of rotatable bonds is 5. The molecule has 0 bridgehead atoms. The number of carbonyl (C=O) groups excluding carboxylic acids is 1. The summed E-state index contributed by atoms with van der Waals surface area (Å²) in [5.74, 6) is -0.0821.